The van der Waals surface area contributed by atoms with Gasteiger partial charge in [-0.05, 0) is 106 Å². The smallest absolute Gasteiger partial charge is 0.134 e. The van der Waals surface area contributed by atoms with E-state index < -0.39 is 5.41 Å². The Morgan fingerprint density at radius 2 is 1.02 bits per heavy atom. The monoisotopic (exact) mass is 764 g/mol. The summed E-state index contributed by atoms with van der Waals surface area (Å²) in [5.41, 5.74) is 18.1. The van der Waals surface area contributed by atoms with Crippen LogP contribution in [0.15, 0.2) is 218 Å². The van der Waals surface area contributed by atoms with Crippen LogP contribution in [0.2, 0.25) is 0 Å². The van der Waals surface area contributed by atoms with Gasteiger partial charge in [0.2, 0.25) is 0 Å². The van der Waals surface area contributed by atoms with Gasteiger partial charge < -0.3 is 9.47 Å². The van der Waals surface area contributed by atoms with Crippen molar-refractivity contribution in [2.75, 3.05) is 4.90 Å². The van der Waals surface area contributed by atoms with E-state index in [1.54, 1.807) is 0 Å². The molecule has 0 atom stereocenters. The molecule has 0 fully saturated rings. The molecule has 1 aliphatic heterocycles. The molecule has 0 saturated heterocycles. The molecule has 9 aromatic carbocycles. The lowest BCUT2D eigenvalue weighted by atomic mass is 9.73. The molecule has 0 unspecified atom stereocenters. The summed E-state index contributed by atoms with van der Waals surface area (Å²) in [6, 6.07) is 79.4. The van der Waals surface area contributed by atoms with Crippen molar-refractivity contribution in [3.8, 4) is 33.6 Å². The van der Waals surface area contributed by atoms with E-state index in [2.05, 4.69) is 232 Å². The maximum absolute atomic E-state index is 5.69. The van der Waals surface area contributed by atoms with Gasteiger partial charge in [0, 0.05) is 27.8 Å². The molecule has 4 nitrogen and oxygen atoms in total. The molecule has 0 radical (unpaired) electrons. The number of imidazole rings is 1. The molecule has 0 amide bonds. The van der Waals surface area contributed by atoms with Crippen LogP contribution >= 0.6 is 0 Å². The second kappa shape index (κ2) is 12.5. The molecule has 3 heterocycles. The van der Waals surface area contributed by atoms with Crippen molar-refractivity contribution in [1.29, 1.82) is 0 Å². The molecule has 4 heteroatoms. The van der Waals surface area contributed by atoms with E-state index >= 15 is 0 Å². The Kier molecular flexibility index (Phi) is 6.90. The summed E-state index contributed by atoms with van der Waals surface area (Å²) < 4.78 is 4.84. The number of benzene rings is 9. The van der Waals surface area contributed by atoms with Crippen LogP contribution in [-0.2, 0) is 5.41 Å². The SMILES string of the molecule is c1ccc(-c2ccc(N(c3ccc4c(c3)c3ccccc3n4-c3ccccc3)c3cccc4nc5n(c34)-c3ccccc3C53c4ccccc4-c4ccccc43)cc2)cc1. The number of anilines is 3. The normalized spacial score (nSPS) is 13.1. The van der Waals surface area contributed by atoms with E-state index in [4.69, 9.17) is 4.98 Å². The van der Waals surface area contributed by atoms with Crippen LogP contribution in [0.5, 0.6) is 0 Å². The summed E-state index contributed by atoms with van der Waals surface area (Å²) >= 11 is 0. The van der Waals surface area contributed by atoms with Crippen LogP contribution in [0.4, 0.5) is 17.1 Å². The molecule has 2 aromatic heterocycles. The first-order chi connectivity index (χ1) is 29.8. The van der Waals surface area contributed by atoms with Crippen molar-refractivity contribution in [2.24, 2.45) is 0 Å². The first-order valence-corrected chi connectivity index (χ1v) is 20.6. The van der Waals surface area contributed by atoms with E-state index in [1.165, 1.54) is 60.8 Å². The third-order valence-electron chi connectivity index (χ3n) is 12.9. The average molecular weight is 765 g/mol. The molecular formula is C56H36N4. The summed E-state index contributed by atoms with van der Waals surface area (Å²) in [5, 5.41) is 2.42. The van der Waals surface area contributed by atoms with Crippen LogP contribution < -0.4 is 4.90 Å². The molecule has 11 aromatic rings. The lowest BCUT2D eigenvalue weighted by Crippen LogP contribution is -2.27. The molecule has 1 aliphatic carbocycles. The highest BCUT2D eigenvalue weighted by molar-refractivity contribution is 6.11. The Morgan fingerprint density at radius 3 is 1.78 bits per heavy atom. The second-order valence-corrected chi connectivity index (χ2v) is 15.9. The molecule has 60 heavy (non-hydrogen) atoms. The van der Waals surface area contributed by atoms with Crippen LogP contribution in [-0.4, -0.2) is 14.1 Å². The van der Waals surface area contributed by atoms with Gasteiger partial charge in [-0.25, -0.2) is 4.98 Å². The predicted octanol–water partition coefficient (Wildman–Crippen LogP) is 13.9. The van der Waals surface area contributed by atoms with Crippen molar-refractivity contribution in [2.45, 2.75) is 5.41 Å². The standard InChI is InChI=1S/C56H36N4/c1-3-16-37(17-4-1)38-30-32-40(33-31-38)58(41-34-35-51-45(36-41)44-22-9-13-27-50(44)59(51)39-18-5-2-6-19-39)53-29-15-26-49-54(53)60-52-28-14-12-25-48(52)56(55(60)57-49)46-23-10-7-20-42(46)43-21-8-11-24-47(43)56/h1-36H. The summed E-state index contributed by atoms with van der Waals surface area (Å²) in [7, 11) is 0. The first-order valence-electron chi connectivity index (χ1n) is 20.6. The Labute approximate surface area is 347 Å². The van der Waals surface area contributed by atoms with E-state index in [1.807, 2.05) is 0 Å². The van der Waals surface area contributed by atoms with Gasteiger partial charge in [0.25, 0.3) is 0 Å². The Hall–Kier alpha value is -7.95. The van der Waals surface area contributed by atoms with Gasteiger partial charge in [-0.2, -0.15) is 0 Å². The van der Waals surface area contributed by atoms with Crippen molar-refractivity contribution in [3.63, 3.8) is 0 Å². The number of nitrogens with zero attached hydrogens (tertiary/aromatic N) is 4. The average Bonchev–Trinajstić information content (AvgIpc) is 4.04. The number of hydrogen-bond donors (Lipinski definition) is 0. The largest absolute Gasteiger partial charge is 0.309 e. The van der Waals surface area contributed by atoms with Crippen LogP contribution in [0, 0.1) is 0 Å². The minimum atomic E-state index is -0.555. The fourth-order valence-electron chi connectivity index (χ4n) is 10.5. The predicted molar refractivity (Wildman–Crippen MR) is 246 cm³/mol. The van der Waals surface area contributed by atoms with Gasteiger partial charge >= 0.3 is 0 Å². The van der Waals surface area contributed by atoms with Gasteiger partial charge in [-0.3, -0.25) is 4.57 Å². The van der Waals surface area contributed by atoms with Crippen LogP contribution in [0.3, 0.4) is 0 Å². The second-order valence-electron chi connectivity index (χ2n) is 15.9. The zero-order chi connectivity index (χ0) is 39.4. The third-order valence-corrected chi connectivity index (χ3v) is 12.9. The van der Waals surface area contributed by atoms with Crippen LogP contribution in [0.1, 0.15) is 22.5 Å². The van der Waals surface area contributed by atoms with Gasteiger partial charge in [0.1, 0.15) is 11.2 Å². The van der Waals surface area contributed by atoms with Crippen molar-refractivity contribution in [3.05, 3.63) is 241 Å². The van der Waals surface area contributed by atoms with E-state index in [0.29, 0.717) is 0 Å². The fraction of sp³-hybridized carbons (Fsp3) is 0.0179. The Bertz CT molecular complexity index is 3440. The maximum atomic E-state index is 5.69. The van der Waals surface area contributed by atoms with E-state index in [-0.39, 0.29) is 0 Å². The first kappa shape index (κ1) is 33.1. The number of para-hydroxylation sites is 4. The number of rotatable bonds is 5. The van der Waals surface area contributed by atoms with E-state index in [0.717, 1.165) is 45.3 Å². The van der Waals surface area contributed by atoms with Crippen molar-refractivity contribution >= 4 is 49.9 Å². The van der Waals surface area contributed by atoms with Gasteiger partial charge in [0.05, 0.1) is 33.4 Å². The topological polar surface area (TPSA) is 26.0 Å². The molecule has 0 N–H and O–H groups in total. The van der Waals surface area contributed by atoms with Crippen LogP contribution in [0.25, 0.3) is 66.5 Å². The molecular weight excluding hydrogens is 729 g/mol. The molecule has 0 saturated carbocycles. The Balaban J connectivity index is 1.10. The number of hydrogen-bond acceptors (Lipinski definition) is 2. The maximum Gasteiger partial charge on any atom is 0.134 e. The highest BCUT2D eigenvalue weighted by Gasteiger charge is 2.54. The minimum absolute atomic E-state index is 0.555. The fourth-order valence-corrected chi connectivity index (χ4v) is 10.5. The molecule has 13 rings (SSSR count). The van der Waals surface area contributed by atoms with Gasteiger partial charge in [0.15, 0.2) is 0 Å². The highest BCUT2D eigenvalue weighted by atomic mass is 15.2. The van der Waals surface area contributed by atoms with Crippen molar-refractivity contribution in [1.82, 2.24) is 14.1 Å². The summed E-state index contributed by atoms with van der Waals surface area (Å²) in [6.45, 7) is 0. The molecule has 280 valence electrons. The zero-order valence-electron chi connectivity index (χ0n) is 32.6. The minimum Gasteiger partial charge on any atom is -0.309 e. The van der Waals surface area contributed by atoms with Gasteiger partial charge in [-0.15, -0.1) is 0 Å². The number of fused-ring (bicyclic) bond motifs is 15. The molecule has 0 bridgehead atoms. The van der Waals surface area contributed by atoms with Crippen molar-refractivity contribution < 1.29 is 0 Å². The summed E-state index contributed by atoms with van der Waals surface area (Å²) in [4.78, 5) is 8.12. The third kappa shape index (κ3) is 4.42. The summed E-state index contributed by atoms with van der Waals surface area (Å²) in [5.74, 6) is 1.03. The quantitative estimate of drug-likeness (QED) is 0.174. The molecule has 1 spiro atoms. The molecule has 2 aliphatic rings. The zero-order valence-corrected chi connectivity index (χ0v) is 32.6. The number of aromatic nitrogens is 3. The van der Waals surface area contributed by atoms with E-state index in [9.17, 15) is 0 Å². The van der Waals surface area contributed by atoms with Gasteiger partial charge in [-0.1, -0.05) is 152 Å². The summed E-state index contributed by atoms with van der Waals surface area (Å²) in [6.07, 6.45) is 0. The lowest BCUT2D eigenvalue weighted by Gasteiger charge is -2.27. The lowest BCUT2D eigenvalue weighted by molar-refractivity contribution is 0.738. The highest BCUT2D eigenvalue weighted by Crippen LogP contribution is 2.61. The Morgan fingerprint density at radius 1 is 0.417 bits per heavy atom.